The minimum absolute atomic E-state index is 0.361. The Kier molecular flexibility index (Phi) is 3.33. The van der Waals surface area contributed by atoms with Gasteiger partial charge in [-0.3, -0.25) is 0 Å². The van der Waals surface area contributed by atoms with E-state index in [1.165, 1.54) is 0 Å². The minimum Gasteiger partial charge on any atom is -0.484 e. The van der Waals surface area contributed by atoms with Crippen LogP contribution in [0.2, 0.25) is 0 Å². The number of rotatable bonds is 3. The molecule has 2 N–H and O–H groups in total. The van der Waals surface area contributed by atoms with Crippen molar-refractivity contribution >= 4 is 21.6 Å². The molecular formula is C11H13BrN4O. The molecule has 0 aliphatic heterocycles. The predicted octanol–water partition coefficient (Wildman–Crippen LogP) is 2.05. The number of aryl methyl sites for hydroxylation is 1. The molecule has 0 bridgehead atoms. The Labute approximate surface area is 108 Å². The van der Waals surface area contributed by atoms with Crippen LogP contribution in [0.25, 0.3) is 0 Å². The summed E-state index contributed by atoms with van der Waals surface area (Å²) >= 11 is 3.38. The Balaban J connectivity index is 2.13. The number of anilines is 1. The summed E-state index contributed by atoms with van der Waals surface area (Å²) in [5.41, 5.74) is 6.41. The van der Waals surface area contributed by atoms with Crippen LogP contribution >= 0.6 is 15.9 Å². The average molecular weight is 297 g/mol. The Bertz CT molecular complexity index is 538. The van der Waals surface area contributed by atoms with Gasteiger partial charge in [0.1, 0.15) is 18.2 Å². The number of nitrogen functional groups attached to an aromatic ring is 1. The number of hydrogen-bond acceptors (Lipinski definition) is 4. The highest BCUT2D eigenvalue weighted by Gasteiger charge is 2.08. The summed E-state index contributed by atoms with van der Waals surface area (Å²) in [7, 11) is 1.91. The second-order valence-electron chi connectivity index (χ2n) is 3.67. The van der Waals surface area contributed by atoms with Gasteiger partial charge < -0.3 is 15.0 Å². The van der Waals surface area contributed by atoms with Crippen molar-refractivity contribution in [3.05, 3.63) is 34.3 Å². The molecule has 0 atom stereocenters. The molecule has 0 unspecified atom stereocenters. The van der Waals surface area contributed by atoms with Crippen LogP contribution in [0.15, 0.2) is 22.7 Å². The molecule has 0 fully saturated rings. The molecule has 2 rings (SSSR count). The summed E-state index contributed by atoms with van der Waals surface area (Å²) < 4.78 is 8.30. The first-order chi connectivity index (χ1) is 8.09. The SMILES string of the molecule is Cc1nnc(COc2cccc(N)c2Br)n1C. The molecule has 0 spiro atoms. The summed E-state index contributed by atoms with van der Waals surface area (Å²) in [5.74, 6) is 2.33. The zero-order valence-electron chi connectivity index (χ0n) is 9.64. The smallest absolute Gasteiger partial charge is 0.170 e. The molecular weight excluding hydrogens is 284 g/mol. The van der Waals surface area contributed by atoms with Crippen molar-refractivity contribution in [1.29, 1.82) is 0 Å². The Morgan fingerprint density at radius 2 is 2.18 bits per heavy atom. The molecule has 5 nitrogen and oxygen atoms in total. The maximum atomic E-state index is 5.76. The van der Waals surface area contributed by atoms with Gasteiger partial charge in [-0.15, -0.1) is 10.2 Å². The third-order valence-electron chi connectivity index (χ3n) is 2.53. The van der Waals surface area contributed by atoms with Gasteiger partial charge in [0.2, 0.25) is 0 Å². The van der Waals surface area contributed by atoms with E-state index in [-0.39, 0.29) is 0 Å². The lowest BCUT2D eigenvalue weighted by Crippen LogP contribution is -2.05. The number of halogens is 1. The van der Waals surface area contributed by atoms with E-state index >= 15 is 0 Å². The molecule has 1 heterocycles. The molecule has 17 heavy (non-hydrogen) atoms. The molecule has 0 aliphatic carbocycles. The fourth-order valence-corrected chi connectivity index (χ4v) is 1.74. The molecule has 0 saturated heterocycles. The van der Waals surface area contributed by atoms with E-state index < -0.39 is 0 Å². The van der Waals surface area contributed by atoms with Gasteiger partial charge in [0.25, 0.3) is 0 Å². The molecule has 0 radical (unpaired) electrons. The third-order valence-corrected chi connectivity index (χ3v) is 3.38. The van der Waals surface area contributed by atoms with E-state index in [0.29, 0.717) is 18.0 Å². The van der Waals surface area contributed by atoms with Crippen LogP contribution in [-0.2, 0) is 13.7 Å². The largest absolute Gasteiger partial charge is 0.484 e. The normalized spacial score (nSPS) is 10.5. The summed E-state index contributed by atoms with van der Waals surface area (Å²) in [6, 6.07) is 5.50. The molecule has 90 valence electrons. The van der Waals surface area contributed by atoms with Gasteiger partial charge >= 0.3 is 0 Å². The van der Waals surface area contributed by atoms with E-state index in [9.17, 15) is 0 Å². The average Bonchev–Trinajstić information content (AvgIpc) is 2.62. The Morgan fingerprint density at radius 1 is 1.41 bits per heavy atom. The van der Waals surface area contributed by atoms with Crippen LogP contribution in [0.3, 0.4) is 0 Å². The van der Waals surface area contributed by atoms with Crippen LogP contribution in [0.5, 0.6) is 5.75 Å². The monoisotopic (exact) mass is 296 g/mol. The number of aromatic nitrogens is 3. The first-order valence-corrected chi connectivity index (χ1v) is 5.90. The minimum atomic E-state index is 0.361. The van der Waals surface area contributed by atoms with Crippen LogP contribution in [0.4, 0.5) is 5.69 Å². The fourth-order valence-electron chi connectivity index (χ4n) is 1.36. The van der Waals surface area contributed by atoms with Crippen LogP contribution < -0.4 is 10.5 Å². The fraction of sp³-hybridized carbons (Fsp3) is 0.273. The van der Waals surface area contributed by atoms with E-state index in [0.717, 1.165) is 16.1 Å². The van der Waals surface area contributed by atoms with Gasteiger partial charge in [0.15, 0.2) is 5.82 Å². The van der Waals surface area contributed by atoms with Crippen molar-refractivity contribution < 1.29 is 4.74 Å². The standard InChI is InChI=1S/C11H13BrN4O/c1-7-14-15-10(16(7)2)6-17-9-5-3-4-8(13)11(9)12/h3-5H,6,13H2,1-2H3. The van der Waals surface area contributed by atoms with Gasteiger partial charge in [-0.1, -0.05) is 6.07 Å². The molecule has 1 aromatic heterocycles. The number of ether oxygens (including phenoxy) is 1. The summed E-state index contributed by atoms with van der Waals surface area (Å²) in [6.45, 7) is 2.26. The third kappa shape index (κ3) is 2.41. The highest BCUT2D eigenvalue weighted by atomic mass is 79.9. The van der Waals surface area contributed by atoms with Crippen LogP contribution in [-0.4, -0.2) is 14.8 Å². The zero-order valence-corrected chi connectivity index (χ0v) is 11.2. The lowest BCUT2D eigenvalue weighted by Gasteiger charge is -2.09. The quantitative estimate of drug-likeness (QED) is 0.881. The van der Waals surface area contributed by atoms with Crippen molar-refractivity contribution in [1.82, 2.24) is 14.8 Å². The summed E-state index contributed by atoms with van der Waals surface area (Å²) in [6.07, 6.45) is 0. The van der Waals surface area contributed by atoms with E-state index in [2.05, 4.69) is 26.1 Å². The van der Waals surface area contributed by atoms with Crippen molar-refractivity contribution in [2.24, 2.45) is 7.05 Å². The van der Waals surface area contributed by atoms with Crippen molar-refractivity contribution in [2.45, 2.75) is 13.5 Å². The van der Waals surface area contributed by atoms with Gasteiger partial charge in [-0.05, 0) is 35.0 Å². The molecule has 0 aliphatic rings. The molecule has 1 aromatic carbocycles. The van der Waals surface area contributed by atoms with Gasteiger partial charge in [-0.2, -0.15) is 0 Å². The Morgan fingerprint density at radius 3 is 2.82 bits per heavy atom. The summed E-state index contributed by atoms with van der Waals surface area (Å²) in [4.78, 5) is 0. The van der Waals surface area contributed by atoms with Gasteiger partial charge in [0.05, 0.1) is 4.47 Å². The molecule has 0 saturated carbocycles. The predicted molar refractivity (Wildman–Crippen MR) is 68.6 cm³/mol. The highest BCUT2D eigenvalue weighted by molar-refractivity contribution is 9.10. The first kappa shape index (κ1) is 11.9. The van der Waals surface area contributed by atoms with Gasteiger partial charge in [-0.25, -0.2) is 0 Å². The second kappa shape index (κ2) is 4.75. The second-order valence-corrected chi connectivity index (χ2v) is 4.46. The van der Waals surface area contributed by atoms with E-state index in [1.807, 2.05) is 36.7 Å². The van der Waals surface area contributed by atoms with Crippen molar-refractivity contribution in [3.8, 4) is 5.75 Å². The van der Waals surface area contributed by atoms with Crippen molar-refractivity contribution in [2.75, 3.05) is 5.73 Å². The van der Waals surface area contributed by atoms with Crippen molar-refractivity contribution in [3.63, 3.8) is 0 Å². The lowest BCUT2D eigenvalue weighted by molar-refractivity contribution is 0.289. The maximum Gasteiger partial charge on any atom is 0.170 e. The van der Waals surface area contributed by atoms with Crippen LogP contribution in [0, 0.1) is 6.92 Å². The highest BCUT2D eigenvalue weighted by Crippen LogP contribution is 2.30. The zero-order chi connectivity index (χ0) is 12.4. The van der Waals surface area contributed by atoms with E-state index in [4.69, 9.17) is 10.5 Å². The maximum absolute atomic E-state index is 5.76. The molecule has 0 amide bonds. The van der Waals surface area contributed by atoms with Crippen LogP contribution in [0.1, 0.15) is 11.6 Å². The number of benzene rings is 1. The molecule has 6 heteroatoms. The van der Waals surface area contributed by atoms with E-state index in [1.54, 1.807) is 0 Å². The topological polar surface area (TPSA) is 66.0 Å². The Hall–Kier alpha value is -1.56. The molecule has 2 aromatic rings. The number of nitrogens with two attached hydrogens (primary N) is 1. The summed E-state index contributed by atoms with van der Waals surface area (Å²) in [5, 5.41) is 7.99. The lowest BCUT2D eigenvalue weighted by atomic mass is 10.3. The number of nitrogens with zero attached hydrogens (tertiary/aromatic N) is 3. The first-order valence-electron chi connectivity index (χ1n) is 5.11. The number of hydrogen-bond donors (Lipinski definition) is 1. The van der Waals surface area contributed by atoms with Gasteiger partial charge in [0, 0.05) is 12.7 Å².